The van der Waals surface area contributed by atoms with Crippen LogP contribution in [0.15, 0.2) is 0 Å². The van der Waals surface area contributed by atoms with Crippen LogP contribution in [0.2, 0.25) is 0 Å². The number of aromatic nitrogens is 3. The third kappa shape index (κ3) is 3.02. The van der Waals surface area contributed by atoms with Crippen LogP contribution < -0.4 is 0 Å². The van der Waals surface area contributed by atoms with E-state index >= 15 is 0 Å². The van der Waals surface area contributed by atoms with E-state index in [1.165, 1.54) is 32.1 Å². The van der Waals surface area contributed by atoms with Crippen molar-refractivity contribution in [3.05, 3.63) is 10.6 Å². The van der Waals surface area contributed by atoms with Gasteiger partial charge in [0.05, 0.1) is 0 Å². The molecule has 1 aliphatic carbocycles. The summed E-state index contributed by atoms with van der Waals surface area (Å²) in [7, 11) is 0. The Morgan fingerprint density at radius 1 is 1.28 bits per heavy atom. The molecule has 0 atom stereocenters. The van der Waals surface area contributed by atoms with E-state index in [2.05, 4.69) is 35.5 Å². The van der Waals surface area contributed by atoms with Crippen LogP contribution in [0.25, 0.3) is 0 Å². The van der Waals surface area contributed by atoms with Gasteiger partial charge in [-0.25, -0.2) is 0 Å². The van der Waals surface area contributed by atoms with Crippen molar-refractivity contribution in [2.24, 2.45) is 11.8 Å². The summed E-state index contributed by atoms with van der Waals surface area (Å²) < 4.78 is 3.01. The summed E-state index contributed by atoms with van der Waals surface area (Å²) in [4.78, 5) is 0. The van der Waals surface area contributed by atoms with E-state index in [9.17, 15) is 0 Å². The van der Waals surface area contributed by atoms with Gasteiger partial charge in [-0.15, -0.1) is 0 Å². The molecule has 0 amide bonds. The zero-order chi connectivity index (χ0) is 13.1. The average molecular weight is 267 g/mol. The molecule has 0 radical (unpaired) electrons. The van der Waals surface area contributed by atoms with Crippen molar-refractivity contribution >= 4 is 12.2 Å². The molecule has 3 nitrogen and oxygen atoms in total. The van der Waals surface area contributed by atoms with E-state index in [1.807, 2.05) is 0 Å². The van der Waals surface area contributed by atoms with E-state index in [1.54, 1.807) is 0 Å². The summed E-state index contributed by atoms with van der Waals surface area (Å²) in [5, 5.41) is 7.30. The fourth-order valence-electron chi connectivity index (χ4n) is 3.03. The molecule has 0 bridgehead atoms. The summed E-state index contributed by atoms with van der Waals surface area (Å²) in [6.45, 7) is 7.72. The van der Waals surface area contributed by atoms with Crippen LogP contribution in [-0.2, 0) is 6.54 Å². The van der Waals surface area contributed by atoms with Crippen molar-refractivity contribution in [2.75, 3.05) is 0 Å². The molecule has 1 fully saturated rings. The Morgan fingerprint density at radius 3 is 2.44 bits per heavy atom. The number of rotatable bonds is 4. The molecule has 1 aliphatic rings. The maximum atomic E-state index is 5.35. The Bertz CT molecular complexity index is 424. The first kappa shape index (κ1) is 13.8. The Kier molecular flexibility index (Phi) is 4.60. The smallest absolute Gasteiger partial charge is 0.195 e. The van der Waals surface area contributed by atoms with Crippen LogP contribution in [-0.4, -0.2) is 14.8 Å². The molecule has 0 aliphatic heterocycles. The topological polar surface area (TPSA) is 33.6 Å². The van der Waals surface area contributed by atoms with Gasteiger partial charge >= 0.3 is 0 Å². The van der Waals surface area contributed by atoms with Gasteiger partial charge in [-0.3, -0.25) is 5.10 Å². The highest BCUT2D eigenvalue weighted by Gasteiger charge is 2.22. The molecular formula is C14H25N3S. The lowest BCUT2D eigenvalue weighted by molar-refractivity contribution is 0.245. The number of aromatic amines is 1. The minimum Gasteiger partial charge on any atom is -0.304 e. The van der Waals surface area contributed by atoms with Crippen molar-refractivity contribution in [3.63, 3.8) is 0 Å². The fourth-order valence-corrected chi connectivity index (χ4v) is 3.24. The van der Waals surface area contributed by atoms with Gasteiger partial charge in [0.15, 0.2) is 4.77 Å². The van der Waals surface area contributed by atoms with Crippen molar-refractivity contribution in [1.82, 2.24) is 14.8 Å². The van der Waals surface area contributed by atoms with E-state index in [4.69, 9.17) is 12.2 Å². The van der Waals surface area contributed by atoms with Crippen LogP contribution in [0.4, 0.5) is 0 Å². The Balaban J connectivity index is 2.02. The molecule has 0 saturated heterocycles. The van der Waals surface area contributed by atoms with Gasteiger partial charge < -0.3 is 4.57 Å². The lowest BCUT2D eigenvalue weighted by Crippen LogP contribution is -2.20. The molecule has 1 heterocycles. The van der Waals surface area contributed by atoms with Crippen LogP contribution in [0, 0.1) is 16.6 Å². The molecule has 0 unspecified atom stereocenters. The van der Waals surface area contributed by atoms with Crippen molar-refractivity contribution in [2.45, 2.75) is 65.3 Å². The van der Waals surface area contributed by atoms with E-state index in [0.717, 1.165) is 29.0 Å². The highest BCUT2D eigenvalue weighted by Crippen LogP contribution is 2.32. The summed E-state index contributed by atoms with van der Waals surface area (Å²) >= 11 is 5.35. The van der Waals surface area contributed by atoms with Crippen molar-refractivity contribution < 1.29 is 0 Å². The van der Waals surface area contributed by atoms with Crippen molar-refractivity contribution in [3.8, 4) is 0 Å². The molecule has 0 spiro atoms. The quantitative estimate of drug-likeness (QED) is 0.826. The maximum Gasteiger partial charge on any atom is 0.195 e. The van der Waals surface area contributed by atoms with Gasteiger partial charge in [0.2, 0.25) is 0 Å². The molecule has 0 aromatic carbocycles. The fraction of sp³-hybridized carbons (Fsp3) is 0.857. The SMILES string of the molecule is CCC1CCC(Cn2c(C(C)C)n[nH]c2=S)CC1. The lowest BCUT2D eigenvalue weighted by atomic mass is 9.81. The minimum atomic E-state index is 0.435. The van der Waals surface area contributed by atoms with Crippen LogP contribution in [0.3, 0.4) is 0 Å². The minimum absolute atomic E-state index is 0.435. The number of H-pyrrole nitrogens is 1. The first-order chi connectivity index (χ1) is 8.61. The van der Waals surface area contributed by atoms with Gasteiger partial charge in [0.25, 0.3) is 0 Å². The lowest BCUT2D eigenvalue weighted by Gasteiger charge is -2.28. The van der Waals surface area contributed by atoms with Gasteiger partial charge in [-0.2, -0.15) is 5.10 Å². The second-order valence-corrected chi connectivity index (χ2v) is 6.33. The molecule has 1 aromatic rings. The predicted molar refractivity (Wildman–Crippen MR) is 77.2 cm³/mol. The third-order valence-electron chi connectivity index (χ3n) is 4.29. The van der Waals surface area contributed by atoms with Crippen LogP contribution >= 0.6 is 12.2 Å². The van der Waals surface area contributed by atoms with Crippen molar-refractivity contribution in [1.29, 1.82) is 0 Å². The zero-order valence-corrected chi connectivity index (χ0v) is 12.6. The first-order valence-corrected chi connectivity index (χ1v) is 7.67. The zero-order valence-electron chi connectivity index (χ0n) is 11.8. The summed E-state index contributed by atoms with van der Waals surface area (Å²) in [5.74, 6) is 3.29. The second-order valence-electron chi connectivity index (χ2n) is 5.95. The van der Waals surface area contributed by atoms with Crippen LogP contribution in [0.1, 0.15) is 64.6 Å². The Hall–Kier alpha value is -0.640. The number of hydrogen-bond acceptors (Lipinski definition) is 2. The first-order valence-electron chi connectivity index (χ1n) is 7.26. The molecule has 102 valence electrons. The summed E-state index contributed by atoms with van der Waals surface area (Å²) in [6.07, 6.45) is 6.83. The van der Waals surface area contributed by atoms with Gasteiger partial charge in [-0.05, 0) is 36.9 Å². The molecular weight excluding hydrogens is 242 g/mol. The van der Waals surface area contributed by atoms with Gasteiger partial charge in [-0.1, -0.05) is 40.0 Å². The van der Waals surface area contributed by atoms with Gasteiger partial charge in [0.1, 0.15) is 5.82 Å². The monoisotopic (exact) mass is 267 g/mol. The van der Waals surface area contributed by atoms with E-state index < -0.39 is 0 Å². The summed E-state index contributed by atoms with van der Waals surface area (Å²) in [6, 6.07) is 0. The van der Waals surface area contributed by atoms with Crippen LogP contribution in [0.5, 0.6) is 0 Å². The Labute approximate surface area is 115 Å². The predicted octanol–water partition coefficient (Wildman–Crippen LogP) is 4.28. The van der Waals surface area contributed by atoms with E-state index in [0.29, 0.717) is 5.92 Å². The molecule has 1 aromatic heterocycles. The average Bonchev–Trinajstić information content (AvgIpc) is 2.72. The summed E-state index contributed by atoms with van der Waals surface area (Å²) in [5.41, 5.74) is 0. The molecule has 18 heavy (non-hydrogen) atoms. The number of nitrogens with one attached hydrogen (secondary N) is 1. The maximum absolute atomic E-state index is 5.35. The second kappa shape index (κ2) is 6.00. The molecule has 1 saturated carbocycles. The molecule has 2 rings (SSSR count). The third-order valence-corrected chi connectivity index (χ3v) is 4.60. The van der Waals surface area contributed by atoms with E-state index in [-0.39, 0.29) is 0 Å². The highest BCUT2D eigenvalue weighted by molar-refractivity contribution is 7.71. The van der Waals surface area contributed by atoms with Gasteiger partial charge in [0, 0.05) is 12.5 Å². The highest BCUT2D eigenvalue weighted by atomic mass is 32.1. The molecule has 4 heteroatoms. The normalized spacial score (nSPS) is 24.7. The largest absolute Gasteiger partial charge is 0.304 e. The Morgan fingerprint density at radius 2 is 1.89 bits per heavy atom. The number of hydrogen-bond donors (Lipinski definition) is 1. The number of nitrogens with zero attached hydrogens (tertiary/aromatic N) is 2. The standard InChI is InChI=1S/C14H25N3S/c1-4-11-5-7-12(8-6-11)9-17-13(10(2)3)15-16-14(17)18/h10-12H,4-9H2,1-3H3,(H,16,18). The molecule has 1 N–H and O–H groups in total.